The zero-order valence-electron chi connectivity index (χ0n) is 8.67. The molecule has 2 rings (SSSR count). The number of nitrogens with one attached hydrogen (secondary N) is 1. The second-order valence-electron chi connectivity index (χ2n) is 4.03. The fraction of sp³-hybridized carbons (Fsp3) is 0.333. The topological polar surface area (TPSA) is 41.8 Å². The molecule has 0 aliphatic rings. The van der Waals surface area contributed by atoms with Crippen LogP contribution in [-0.4, -0.2) is 11.0 Å². The van der Waals surface area contributed by atoms with Gasteiger partial charge in [0.2, 0.25) is 0 Å². The molecule has 0 radical (unpaired) electrons. The van der Waals surface area contributed by atoms with Gasteiger partial charge in [0.15, 0.2) is 0 Å². The maximum absolute atomic E-state index is 5.77. The van der Waals surface area contributed by atoms with Gasteiger partial charge in [0, 0.05) is 23.1 Å². The van der Waals surface area contributed by atoms with Crippen LogP contribution in [0.25, 0.3) is 10.9 Å². The number of aryl methyl sites for hydroxylation is 1. The molecular formula is C12H16N2. The van der Waals surface area contributed by atoms with E-state index in [4.69, 9.17) is 5.73 Å². The molecule has 2 heteroatoms. The second kappa shape index (κ2) is 3.46. The van der Waals surface area contributed by atoms with Gasteiger partial charge < -0.3 is 10.7 Å². The van der Waals surface area contributed by atoms with Crippen molar-refractivity contribution in [3.8, 4) is 0 Å². The first-order valence-corrected chi connectivity index (χ1v) is 4.99. The molecule has 1 atom stereocenters. The van der Waals surface area contributed by atoms with Gasteiger partial charge in [-0.1, -0.05) is 6.07 Å². The minimum absolute atomic E-state index is 0.228. The highest BCUT2D eigenvalue weighted by Crippen LogP contribution is 2.19. The normalized spacial score (nSPS) is 13.4. The van der Waals surface area contributed by atoms with Crippen molar-refractivity contribution in [1.29, 1.82) is 0 Å². The quantitative estimate of drug-likeness (QED) is 0.746. The maximum atomic E-state index is 5.77. The Balaban J connectivity index is 2.44. The van der Waals surface area contributed by atoms with Crippen molar-refractivity contribution in [1.82, 2.24) is 4.98 Å². The van der Waals surface area contributed by atoms with Gasteiger partial charge in [-0.3, -0.25) is 0 Å². The largest absolute Gasteiger partial charge is 0.361 e. The van der Waals surface area contributed by atoms with E-state index in [9.17, 15) is 0 Å². The molecule has 0 saturated heterocycles. The Bertz CT molecular complexity index is 441. The lowest BCUT2D eigenvalue weighted by Gasteiger charge is -2.05. The fourth-order valence-corrected chi connectivity index (χ4v) is 1.81. The van der Waals surface area contributed by atoms with Crippen molar-refractivity contribution < 1.29 is 0 Å². The van der Waals surface area contributed by atoms with Crippen LogP contribution in [0.1, 0.15) is 18.1 Å². The number of aromatic nitrogens is 1. The summed E-state index contributed by atoms with van der Waals surface area (Å²) in [5.41, 5.74) is 9.59. The maximum Gasteiger partial charge on any atom is 0.0456 e. The number of hydrogen-bond acceptors (Lipinski definition) is 1. The van der Waals surface area contributed by atoms with Crippen LogP contribution in [0.4, 0.5) is 0 Å². The van der Waals surface area contributed by atoms with Crippen LogP contribution in [0.3, 0.4) is 0 Å². The van der Waals surface area contributed by atoms with Gasteiger partial charge >= 0.3 is 0 Å². The number of benzene rings is 1. The lowest BCUT2D eigenvalue weighted by atomic mass is 10.0. The van der Waals surface area contributed by atoms with Gasteiger partial charge in [0.05, 0.1) is 0 Å². The van der Waals surface area contributed by atoms with Crippen LogP contribution in [0.5, 0.6) is 0 Å². The lowest BCUT2D eigenvalue weighted by Crippen LogP contribution is -2.17. The van der Waals surface area contributed by atoms with E-state index in [2.05, 4.69) is 30.1 Å². The summed E-state index contributed by atoms with van der Waals surface area (Å²) >= 11 is 0. The van der Waals surface area contributed by atoms with Gasteiger partial charge in [-0.2, -0.15) is 0 Å². The minimum Gasteiger partial charge on any atom is -0.361 e. The van der Waals surface area contributed by atoms with E-state index in [-0.39, 0.29) is 6.04 Å². The number of rotatable bonds is 2. The molecule has 2 aromatic rings. The molecule has 2 nitrogen and oxygen atoms in total. The number of hydrogen-bond donors (Lipinski definition) is 2. The smallest absolute Gasteiger partial charge is 0.0456 e. The molecule has 1 heterocycles. The van der Waals surface area contributed by atoms with E-state index in [0.29, 0.717) is 0 Å². The Kier molecular flexibility index (Phi) is 2.30. The van der Waals surface area contributed by atoms with Crippen molar-refractivity contribution >= 4 is 10.9 Å². The minimum atomic E-state index is 0.228. The van der Waals surface area contributed by atoms with E-state index in [1.165, 1.54) is 22.0 Å². The van der Waals surface area contributed by atoms with Gasteiger partial charge in [-0.15, -0.1) is 0 Å². The SMILES string of the molecule is Cc1c[nH]c2ccc(CC(C)N)cc12. The summed E-state index contributed by atoms with van der Waals surface area (Å²) in [6.07, 6.45) is 2.99. The highest BCUT2D eigenvalue weighted by atomic mass is 14.7. The summed E-state index contributed by atoms with van der Waals surface area (Å²) < 4.78 is 0. The van der Waals surface area contributed by atoms with Gasteiger partial charge in [-0.25, -0.2) is 0 Å². The molecule has 0 bridgehead atoms. The molecular weight excluding hydrogens is 172 g/mol. The first kappa shape index (κ1) is 9.28. The number of fused-ring (bicyclic) bond motifs is 1. The van der Waals surface area contributed by atoms with E-state index in [0.717, 1.165) is 6.42 Å². The Morgan fingerprint density at radius 3 is 2.93 bits per heavy atom. The van der Waals surface area contributed by atoms with Gasteiger partial charge in [-0.05, 0) is 43.5 Å². The first-order valence-electron chi connectivity index (χ1n) is 4.99. The van der Waals surface area contributed by atoms with Crippen LogP contribution in [0.2, 0.25) is 0 Å². The summed E-state index contributed by atoms with van der Waals surface area (Å²) in [5, 5.41) is 1.31. The predicted octanol–water partition coefficient (Wildman–Crippen LogP) is 2.37. The summed E-state index contributed by atoms with van der Waals surface area (Å²) in [5.74, 6) is 0. The number of nitrogens with two attached hydrogens (primary N) is 1. The van der Waals surface area contributed by atoms with Crippen molar-refractivity contribution in [3.05, 3.63) is 35.5 Å². The number of aromatic amines is 1. The Morgan fingerprint density at radius 2 is 2.21 bits per heavy atom. The molecule has 14 heavy (non-hydrogen) atoms. The second-order valence-corrected chi connectivity index (χ2v) is 4.03. The van der Waals surface area contributed by atoms with Crippen molar-refractivity contribution in [2.75, 3.05) is 0 Å². The van der Waals surface area contributed by atoms with Crippen molar-refractivity contribution in [2.24, 2.45) is 5.73 Å². The third-order valence-corrected chi connectivity index (χ3v) is 2.51. The first-order chi connectivity index (χ1) is 6.66. The third kappa shape index (κ3) is 1.66. The zero-order valence-corrected chi connectivity index (χ0v) is 8.67. The van der Waals surface area contributed by atoms with Gasteiger partial charge in [0.25, 0.3) is 0 Å². The van der Waals surface area contributed by atoms with E-state index in [1.807, 2.05) is 13.1 Å². The lowest BCUT2D eigenvalue weighted by molar-refractivity contribution is 0.739. The third-order valence-electron chi connectivity index (χ3n) is 2.51. The summed E-state index contributed by atoms with van der Waals surface area (Å²) in [6, 6.07) is 6.72. The van der Waals surface area contributed by atoms with Gasteiger partial charge in [0.1, 0.15) is 0 Å². The Hall–Kier alpha value is -1.28. The van der Waals surface area contributed by atoms with Crippen molar-refractivity contribution in [3.63, 3.8) is 0 Å². The summed E-state index contributed by atoms with van der Waals surface area (Å²) in [4.78, 5) is 3.24. The van der Waals surface area contributed by atoms with E-state index in [1.54, 1.807) is 0 Å². The van der Waals surface area contributed by atoms with Crippen LogP contribution >= 0.6 is 0 Å². The van der Waals surface area contributed by atoms with E-state index >= 15 is 0 Å². The summed E-state index contributed by atoms with van der Waals surface area (Å²) in [6.45, 7) is 4.16. The molecule has 0 spiro atoms. The fourth-order valence-electron chi connectivity index (χ4n) is 1.81. The molecule has 1 aromatic carbocycles. The molecule has 74 valence electrons. The standard InChI is InChI=1S/C12H16N2/c1-8-7-14-12-4-3-10(5-9(2)13)6-11(8)12/h3-4,6-7,9,14H,5,13H2,1-2H3. The van der Waals surface area contributed by atoms with Crippen molar-refractivity contribution in [2.45, 2.75) is 26.3 Å². The highest BCUT2D eigenvalue weighted by molar-refractivity contribution is 5.83. The van der Waals surface area contributed by atoms with Crippen LogP contribution in [0.15, 0.2) is 24.4 Å². The molecule has 1 aromatic heterocycles. The zero-order chi connectivity index (χ0) is 10.1. The average Bonchev–Trinajstić information content (AvgIpc) is 2.47. The highest BCUT2D eigenvalue weighted by Gasteiger charge is 2.02. The van der Waals surface area contributed by atoms with Crippen LogP contribution in [0, 0.1) is 6.92 Å². The average molecular weight is 188 g/mol. The van der Waals surface area contributed by atoms with E-state index < -0.39 is 0 Å². The molecule has 3 N–H and O–H groups in total. The summed E-state index contributed by atoms with van der Waals surface area (Å²) in [7, 11) is 0. The molecule has 0 aliphatic carbocycles. The number of H-pyrrole nitrogens is 1. The molecule has 0 saturated carbocycles. The molecule has 1 unspecified atom stereocenters. The molecule has 0 amide bonds. The monoisotopic (exact) mass is 188 g/mol. The molecule has 0 fully saturated rings. The molecule has 0 aliphatic heterocycles. The predicted molar refractivity (Wildman–Crippen MR) is 60.4 cm³/mol. The van der Waals surface area contributed by atoms with Crippen LogP contribution in [-0.2, 0) is 6.42 Å². The van der Waals surface area contributed by atoms with Crippen LogP contribution < -0.4 is 5.73 Å². The Labute approximate surface area is 84.1 Å². The Morgan fingerprint density at radius 1 is 1.43 bits per heavy atom.